The van der Waals surface area contributed by atoms with Gasteiger partial charge in [-0.25, -0.2) is 0 Å². The fraction of sp³-hybridized carbons (Fsp3) is 0.133. The Labute approximate surface area is 106 Å². The van der Waals surface area contributed by atoms with Crippen molar-refractivity contribution in [2.75, 3.05) is 0 Å². The minimum absolute atomic E-state index is 0.189. The number of benzene rings is 1. The lowest BCUT2D eigenvalue weighted by Gasteiger charge is -2.08. The summed E-state index contributed by atoms with van der Waals surface area (Å²) in [5, 5.41) is 9.17. The first kappa shape index (κ1) is 12.0. The first-order valence-corrected chi connectivity index (χ1v) is 5.63. The van der Waals surface area contributed by atoms with Crippen molar-refractivity contribution < 1.29 is 4.79 Å². The Hall–Kier alpha value is -2.47. The fourth-order valence-corrected chi connectivity index (χ4v) is 1.72. The molecule has 88 valence electrons. The number of carbonyl (C=O) groups is 1. The lowest BCUT2D eigenvalue weighted by molar-refractivity contribution is 0.0979. The predicted molar refractivity (Wildman–Crippen MR) is 68.1 cm³/mol. The maximum absolute atomic E-state index is 12.2. The van der Waals surface area contributed by atoms with Gasteiger partial charge in [0.1, 0.15) is 5.92 Å². The third kappa shape index (κ3) is 2.44. The maximum Gasteiger partial charge on any atom is 0.184 e. The third-order valence-corrected chi connectivity index (χ3v) is 2.75. The normalized spacial score (nSPS) is 11.6. The molecule has 1 unspecified atom stereocenters. The lowest BCUT2D eigenvalue weighted by Crippen LogP contribution is -2.11. The zero-order valence-corrected chi connectivity index (χ0v) is 10.00. The molecule has 1 aromatic heterocycles. The molecule has 1 atom stereocenters. The van der Waals surface area contributed by atoms with Crippen LogP contribution in [0.25, 0.3) is 0 Å². The summed E-state index contributed by atoms with van der Waals surface area (Å²) in [4.78, 5) is 16.2. The molecule has 0 aliphatic carbocycles. The van der Waals surface area contributed by atoms with E-state index in [0.717, 1.165) is 5.56 Å². The Morgan fingerprint density at radius 2 is 2.00 bits per heavy atom. The molecule has 2 rings (SSSR count). The van der Waals surface area contributed by atoms with Crippen LogP contribution in [-0.2, 0) is 0 Å². The van der Waals surface area contributed by atoms with Gasteiger partial charge in [0, 0.05) is 18.0 Å². The molecule has 0 saturated heterocycles. The number of hydrogen-bond donors (Lipinski definition) is 0. The SMILES string of the molecule is Cc1ccc(C(=O)C(C#N)c2cccnc2)cc1. The minimum Gasteiger partial charge on any atom is -0.292 e. The van der Waals surface area contributed by atoms with Crippen molar-refractivity contribution in [3.63, 3.8) is 0 Å². The number of carbonyl (C=O) groups excluding carboxylic acids is 1. The summed E-state index contributed by atoms with van der Waals surface area (Å²) in [6.07, 6.45) is 3.17. The predicted octanol–water partition coefficient (Wildman–Crippen LogP) is 2.88. The molecule has 0 aliphatic heterocycles. The molecule has 0 radical (unpaired) electrons. The molecule has 0 N–H and O–H groups in total. The number of nitriles is 1. The molecule has 2 aromatic rings. The van der Waals surface area contributed by atoms with Gasteiger partial charge in [-0.1, -0.05) is 35.9 Å². The van der Waals surface area contributed by atoms with Gasteiger partial charge in [-0.05, 0) is 18.6 Å². The highest BCUT2D eigenvalue weighted by molar-refractivity contribution is 6.02. The molecule has 1 heterocycles. The Kier molecular flexibility index (Phi) is 3.49. The van der Waals surface area contributed by atoms with E-state index in [1.165, 1.54) is 0 Å². The number of hydrogen-bond acceptors (Lipinski definition) is 3. The van der Waals surface area contributed by atoms with Gasteiger partial charge in [-0.2, -0.15) is 5.26 Å². The molecule has 3 nitrogen and oxygen atoms in total. The van der Waals surface area contributed by atoms with E-state index in [-0.39, 0.29) is 5.78 Å². The van der Waals surface area contributed by atoms with Gasteiger partial charge < -0.3 is 0 Å². The van der Waals surface area contributed by atoms with Crippen LogP contribution in [-0.4, -0.2) is 10.8 Å². The highest BCUT2D eigenvalue weighted by atomic mass is 16.1. The number of ketones is 1. The van der Waals surface area contributed by atoms with E-state index in [4.69, 9.17) is 5.26 Å². The summed E-state index contributed by atoms with van der Waals surface area (Å²) in [5.41, 5.74) is 2.27. The first-order valence-electron chi connectivity index (χ1n) is 5.63. The van der Waals surface area contributed by atoms with Crippen LogP contribution in [0.5, 0.6) is 0 Å². The molecule has 0 aliphatic rings. The van der Waals surface area contributed by atoms with Crippen molar-refractivity contribution in [2.24, 2.45) is 0 Å². The molecule has 0 bridgehead atoms. The number of aromatic nitrogens is 1. The number of nitrogens with zero attached hydrogens (tertiary/aromatic N) is 2. The van der Waals surface area contributed by atoms with E-state index in [0.29, 0.717) is 11.1 Å². The van der Waals surface area contributed by atoms with Crippen LogP contribution in [0.1, 0.15) is 27.4 Å². The lowest BCUT2D eigenvalue weighted by atomic mass is 9.93. The van der Waals surface area contributed by atoms with Crippen LogP contribution in [0.4, 0.5) is 0 Å². The van der Waals surface area contributed by atoms with Crippen LogP contribution in [0.3, 0.4) is 0 Å². The number of aryl methyl sites for hydroxylation is 1. The summed E-state index contributed by atoms with van der Waals surface area (Å²) in [6, 6.07) is 12.7. The standard InChI is InChI=1S/C15H12N2O/c1-11-4-6-12(7-5-11)15(18)14(9-16)13-3-2-8-17-10-13/h2-8,10,14H,1H3. The Bertz CT molecular complexity index is 582. The van der Waals surface area contributed by atoms with Gasteiger partial charge >= 0.3 is 0 Å². The molecule has 3 heteroatoms. The molecule has 0 fully saturated rings. The van der Waals surface area contributed by atoms with Crippen molar-refractivity contribution in [1.29, 1.82) is 5.26 Å². The van der Waals surface area contributed by atoms with E-state index in [9.17, 15) is 4.79 Å². The van der Waals surface area contributed by atoms with Crippen LogP contribution < -0.4 is 0 Å². The van der Waals surface area contributed by atoms with E-state index < -0.39 is 5.92 Å². The number of rotatable bonds is 3. The van der Waals surface area contributed by atoms with Gasteiger partial charge in [0.25, 0.3) is 0 Å². The third-order valence-electron chi connectivity index (χ3n) is 2.75. The van der Waals surface area contributed by atoms with Gasteiger partial charge in [0.2, 0.25) is 0 Å². The van der Waals surface area contributed by atoms with E-state index in [2.05, 4.69) is 4.98 Å². The van der Waals surface area contributed by atoms with Gasteiger partial charge in [-0.15, -0.1) is 0 Å². The molecule has 0 saturated carbocycles. The zero-order valence-electron chi connectivity index (χ0n) is 10.00. The molecule has 0 amide bonds. The van der Waals surface area contributed by atoms with E-state index >= 15 is 0 Å². The average molecular weight is 236 g/mol. The summed E-state index contributed by atoms with van der Waals surface area (Å²) < 4.78 is 0. The van der Waals surface area contributed by atoms with Gasteiger partial charge in [0.05, 0.1) is 6.07 Å². The highest BCUT2D eigenvalue weighted by Crippen LogP contribution is 2.19. The van der Waals surface area contributed by atoms with Gasteiger partial charge in [-0.3, -0.25) is 9.78 Å². The smallest absolute Gasteiger partial charge is 0.184 e. The maximum atomic E-state index is 12.2. The van der Waals surface area contributed by atoms with Crippen molar-refractivity contribution in [2.45, 2.75) is 12.8 Å². The Morgan fingerprint density at radius 1 is 1.28 bits per heavy atom. The summed E-state index contributed by atoms with van der Waals surface area (Å²) >= 11 is 0. The topological polar surface area (TPSA) is 53.8 Å². The summed E-state index contributed by atoms with van der Waals surface area (Å²) in [6.45, 7) is 1.96. The first-order chi connectivity index (χ1) is 8.72. The molecule has 18 heavy (non-hydrogen) atoms. The zero-order chi connectivity index (χ0) is 13.0. The van der Waals surface area contributed by atoms with Crippen molar-refractivity contribution in [1.82, 2.24) is 4.98 Å². The number of pyridine rings is 1. The van der Waals surface area contributed by atoms with Crippen LogP contribution >= 0.6 is 0 Å². The van der Waals surface area contributed by atoms with E-state index in [1.807, 2.05) is 25.1 Å². The van der Waals surface area contributed by atoms with Crippen LogP contribution in [0.2, 0.25) is 0 Å². The number of Topliss-reactive ketones (excluding diaryl/α,β-unsaturated/α-hetero) is 1. The van der Waals surface area contributed by atoms with Crippen LogP contribution in [0, 0.1) is 18.3 Å². The molecular weight excluding hydrogens is 224 g/mol. The Morgan fingerprint density at radius 3 is 2.56 bits per heavy atom. The second-order valence-corrected chi connectivity index (χ2v) is 4.08. The molecule has 1 aromatic carbocycles. The molecular formula is C15H12N2O. The fourth-order valence-electron chi connectivity index (χ4n) is 1.72. The van der Waals surface area contributed by atoms with Crippen LogP contribution in [0.15, 0.2) is 48.8 Å². The monoisotopic (exact) mass is 236 g/mol. The van der Waals surface area contributed by atoms with Crippen molar-refractivity contribution >= 4 is 5.78 Å². The van der Waals surface area contributed by atoms with Gasteiger partial charge in [0.15, 0.2) is 5.78 Å². The quantitative estimate of drug-likeness (QED) is 0.770. The Balaban J connectivity index is 2.32. The summed E-state index contributed by atoms with van der Waals surface area (Å²) in [5.74, 6) is -0.980. The summed E-state index contributed by atoms with van der Waals surface area (Å²) in [7, 11) is 0. The van der Waals surface area contributed by atoms with E-state index in [1.54, 1.807) is 36.7 Å². The average Bonchev–Trinajstić information content (AvgIpc) is 2.41. The van der Waals surface area contributed by atoms with Crippen molar-refractivity contribution in [3.8, 4) is 6.07 Å². The second kappa shape index (κ2) is 5.24. The second-order valence-electron chi connectivity index (χ2n) is 4.08. The molecule has 0 spiro atoms. The van der Waals surface area contributed by atoms with Crippen molar-refractivity contribution in [3.05, 3.63) is 65.5 Å². The minimum atomic E-state index is -0.790. The highest BCUT2D eigenvalue weighted by Gasteiger charge is 2.21. The largest absolute Gasteiger partial charge is 0.292 e.